The molecule has 0 unspecified atom stereocenters. The highest BCUT2D eigenvalue weighted by molar-refractivity contribution is 4.88. The molecular formula is C9H18O2. The monoisotopic (exact) mass is 158 g/mol. The molecule has 0 aliphatic carbocycles. The highest BCUT2D eigenvalue weighted by atomic mass is 16.5. The summed E-state index contributed by atoms with van der Waals surface area (Å²) in [7, 11) is 0. The molecule has 0 spiro atoms. The Hall–Kier alpha value is -0.340. The van der Waals surface area contributed by atoms with Crippen LogP contribution in [0.4, 0.5) is 0 Å². The van der Waals surface area contributed by atoms with Gasteiger partial charge in [0, 0.05) is 6.61 Å². The van der Waals surface area contributed by atoms with Crippen molar-refractivity contribution in [3.05, 3.63) is 12.2 Å². The summed E-state index contributed by atoms with van der Waals surface area (Å²) in [6, 6.07) is 0. The minimum absolute atomic E-state index is 0.327. The van der Waals surface area contributed by atoms with Crippen LogP contribution in [0.5, 0.6) is 0 Å². The zero-order valence-corrected chi connectivity index (χ0v) is 7.47. The van der Waals surface area contributed by atoms with Crippen LogP contribution in [0.3, 0.4) is 0 Å². The summed E-state index contributed by atoms with van der Waals surface area (Å²) in [5.41, 5.74) is 1.11. The quantitative estimate of drug-likeness (QED) is 0.597. The molecule has 0 aromatic rings. The van der Waals surface area contributed by atoms with Gasteiger partial charge in [-0.2, -0.15) is 0 Å². The molecule has 0 heterocycles. The molecule has 0 aromatic carbocycles. The second-order valence-corrected chi connectivity index (χ2v) is 2.81. The Morgan fingerprint density at radius 1 is 1.64 bits per heavy atom. The Balaban J connectivity index is 3.22. The highest BCUT2D eigenvalue weighted by Crippen LogP contribution is 2.04. The molecule has 2 nitrogen and oxygen atoms in total. The van der Waals surface area contributed by atoms with Crippen LogP contribution in [0.15, 0.2) is 12.2 Å². The van der Waals surface area contributed by atoms with Gasteiger partial charge in [0.1, 0.15) is 0 Å². The first kappa shape index (κ1) is 10.7. The average Bonchev–Trinajstić information content (AvgIpc) is 1.97. The molecule has 0 saturated heterocycles. The van der Waals surface area contributed by atoms with Crippen LogP contribution in [0.25, 0.3) is 0 Å². The average molecular weight is 158 g/mol. The second kappa shape index (κ2) is 6.38. The number of ether oxygens (including phenoxy) is 1. The lowest BCUT2D eigenvalue weighted by molar-refractivity contribution is 0.0384. The van der Waals surface area contributed by atoms with E-state index in [9.17, 15) is 5.11 Å². The van der Waals surface area contributed by atoms with Gasteiger partial charge in [0.15, 0.2) is 0 Å². The Kier molecular flexibility index (Phi) is 6.18. The van der Waals surface area contributed by atoms with Gasteiger partial charge >= 0.3 is 0 Å². The third-order valence-corrected chi connectivity index (χ3v) is 1.42. The van der Waals surface area contributed by atoms with Crippen molar-refractivity contribution in [2.45, 2.75) is 32.8 Å². The van der Waals surface area contributed by atoms with Gasteiger partial charge in [0.25, 0.3) is 0 Å². The van der Waals surface area contributed by atoms with Crippen molar-refractivity contribution in [3.8, 4) is 0 Å². The van der Waals surface area contributed by atoms with E-state index in [-0.39, 0.29) is 6.10 Å². The molecule has 0 fully saturated rings. The smallest absolute Gasteiger partial charge is 0.0776 e. The van der Waals surface area contributed by atoms with E-state index in [0.717, 1.165) is 18.4 Å². The number of aliphatic hydroxyl groups is 1. The van der Waals surface area contributed by atoms with E-state index < -0.39 is 0 Å². The van der Waals surface area contributed by atoms with Crippen LogP contribution in [-0.2, 0) is 4.74 Å². The van der Waals surface area contributed by atoms with Crippen LogP contribution < -0.4 is 0 Å². The van der Waals surface area contributed by atoms with E-state index in [1.54, 1.807) is 0 Å². The number of hydrogen-bond donors (Lipinski definition) is 1. The van der Waals surface area contributed by atoms with Crippen molar-refractivity contribution in [1.29, 1.82) is 0 Å². The minimum Gasteiger partial charge on any atom is -0.391 e. The van der Waals surface area contributed by atoms with E-state index in [4.69, 9.17) is 4.74 Å². The molecule has 0 aromatic heterocycles. The largest absolute Gasteiger partial charge is 0.391 e. The Labute approximate surface area is 68.9 Å². The van der Waals surface area contributed by atoms with Gasteiger partial charge in [0.2, 0.25) is 0 Å². The normalized spacial score (nSPS) is 13.0. The van der Waals surface area contributed by atoms with E-state index in [2.05, 4.69) is 6.58 Å². The summed E-state index contributed by atoms with van der Waals surface area (Å²) < 4.78 is 5.05. The summed E-state index contributed by atoms with van der Waals surface area (Å²) in [5.74, 6) is 0. The van der Waals surface area contributed by atoms with Crippen molar-refractivity contribution in [2.24, 2.45) is 0 Å². The maximum Gasteiger partial charge on any atom is 0.0776 e. The fraction of sp³-hybridized carbons (Fsp3) is 0.778. The molecule has 1 N–H and O–H groups in total. The van der Waals surface area contributed by atoms with Crippen molar-refractivity contribution < 1.29 is 9.84 Å². The van der Waals surface area contributed by atoms with Gasteiger partial charge in [-0.15, -0.1) is 6.58 Å². The Morgan fingerprint density at radius 2 is 2.27 bits per heavy atom. The maximum atomic E-state index is 9.26. The molecule has 1 atom stereocenters. The minimum atomic E-state index is -0.327. The number of aliphatic hydroxyl groups excluding tert-OH is 1. The third-order valence-electron chi connectivity index (χ3n) is 1.42. The van der Waals surface area contributed by atoms with Crippen molar-refractivity contribution in [1.82, 2.24) is 0 Å². The van der Waals surface area contributed by atoms with Crippen molar-refractivity contribution >= 4 is 0 Å². The lowest BCUT2D eigenvalue weighted by atomic mass is 10.1. The van der Waals surface area contributed by atoms with E-state index in [1.165, 1.54) is 0 Å². The van der Waals surface area contributed by atoms with Crippen LogP contribution in [0.1, 0.15) is 26.7 Å². The summed E-state index contributed by atoms with van der Waals surface area (Å²) in [4.78, 5) is 0. The zero-order chi connectivity index (χ0) is 8.69. The van der Waals surface area contributed by atoms with Crippen molar-refractivity contribution in [2.75, 3.05) is 13.2 Å². The Morgan fingerprint density at radius 3 is 2.73 bits per heavy atom. The van der Waals surface area contributed by atoms with Crippen LogP contribution in [-0.4, -0.2) is 24.4 Å². The predicted octanol–water partition coefficient (Wildman–Crippen LogP) is 1.74. The molecule has 0 amide bonds. The molecule has 0 rings (SSSR count). The molecular weight excluding hydrogens is 140 g/mol. The molecule has 2 heteroatoms. The topological polar surface area (TPSA) is 29.5 Å². The molecule has 0 aliphatic rings. The van der Waals surface area contributed by atoms with Crippen molar-refractivity contribution in [3.63, 3.8) is 0 Å². The lowest BCUT2D eigenvalue weighted by Crippen LogP contribution is -2.14. The van der Waals surface area contributed by atoms with Gasteiger partial charge in [-0.05, 0) is 26.7 Å². The van der Waals surface area contributed by atoms with Gasteiger partial charge in [-0.3, -0.25) is 0 Å². The van der Waals surface area contributed by atoms with Gasteiger partial charge < -0.3 is 9.84 Å². The standard InChI is InChI=1S/C9H18O2/c1-4-11-7-9(10)6-5-8(2)3/h9-10H,2,4-7H2,1,3H3/t9-/m1/s1. The van der Waals surface area contributed by atoms with Crippen LogP contribution in [0.2, 0.25) is 0 Å². The fourth-order valence-electron chi connectivity index (χ4n) is 0.750. The molecule has 11 heavy (non-hydrogen) atoms. The van der Waals surface area contributed by atoms with Gasteiger partial charge in [0.05, 0.1) is 12.7 Å². The lowest BCUT2D eigenvalue weighted by Gasteiger charge is -2.09. The number of allylic oxidation sites excluding steroid dienone is 1. The third kappa shape index (κ3) is 7.56. The molecule has 0 radical (unpaired) electrons. The van der Waals surface area contributed by atoms with E-state index in [1.807, 2.05) is 13.8 Å². The summed E-state index contributed by atoms with van der Waals surface area (Å²) in [6.07, 6.45) is 1.32. The molecule has 66 valence electrons. The summed E-state index contributed by atoms with van der Waals surface area (Å²) in [6.45, 7) is 8.76. The summed E-state index contributed by atoms with van der Waals surface area (Å²) >= 11 is 0. The van der Waals surface area contributed by atoms with Gasteiger partial charge in [-0.25, -0.2) is 0 Å². The highest BCUT2D eigenvalue weighted by Gasteiger charge is 2.02. The number of hydrogen-bond acceptors (Lipinski definition) is 2. The maximum absolute atomic E-state index is 9.26. The van der Waals surface area contributed by atoms with Gasteiger partial charge in [-0.1, -0.05) is 5.57 Å². The first-order chi connectivity index (χ1) is 5.16. The van der Waals surface area contributed by atoms with E-state index in [0.29, 0.717) is 13.2 Å². The Bertz CT molecular complexity index is 110. The SMILES string of the molecule is C=C(C)CC[C@@H](O)COCC. The summed E-state index contributed by atoms with van der Waals surface area (Å²) in [5, 5.41) is 9.26. The van der Waals surface area contributed by atoms with Crippen LogP contribution in [0, 0.1) is 0 Å². The molecule has 0 aliphatic heterocycles. The first-order valence-corrected chi connectivity index (χ1v) is 4.07. The number of rotatable bonds is 6. The van der Waals surface area contributed by atoms with Crippen LogP contribution >= 0.6 is 0 Å². The fourth-order valence-corrected chi connectivity index (χ4v) is 0.750. The zero-order valence-electron chi connectivity index (χ0n) is 7.47. The molecule has 0 saturated carbocycles. The predicted molar refractivity (Wildman–Crippen MR) is 46.5 cm³/mol. The first-order valence-electron chi connectivity index (χ1n) is 4.07. The van der Waals surface area contributed by atoms with E-state index >= 15 is 0 Å². The second-order valence-electron chi connectivity index (χ2n) is 2.81. The molecule has 0 bridgehead atoms.